The maximum atomic E-state index is 12.2. The van der Waals surface area contributed by atoms with Gasteiger partial charge < -0.3 is 10.6 Å². The topological polar surface area (TPSA) is 114 Å². The van der Waals surface area contributed by atoms with Crippen molar-refractivity contribution in [3.8, 4) is 0 Å². The van der Waals surface area contributed by atoms with Gasteiger partial charge in [-0.25, -0.2) is 9.98 Å². The molecule has 8 nitrogen and oxygen atoms in total. The van der Waals surface area contributed by atoms with Gasteiger partial charge >= 0.3 is 0 Å². The molecule has 132 valence electrons. The van der Waals surface area contributed by atoms with Gasteiger partial charge in [0.15, 0.2) is 0 Å². The van der Waals surface area contributed by atoms with Crippen LogP contribution in [-0.2, 0) is 0 Å². The summed E-state index contributed by atoms with van der Waals surface area (Å²) in [5.74, 6) is -0.731. The van der Waals surface area contributed by atoms with E-state index in [0.717, 1.165) is 10.2 Å². The predicted molar refractivity (Wildman–Crippen MR) is 101 cm³/mol. The number of benzene rings is 1. The number of nitrogens with one attached hydrogen (secondary N) is 1. The quantitative estimate of drug-likeness (QED) is 0.540. The van der Waals surface area contributed by atoms with Crippen LogP contribution in [0.25, 0.3) is 10.2 Å². The second kappa shape index (κ2) is 7.28. The molecule has 0 saturated heterocycles. The summed E-state index contributed by atoms with van der Waals surface area (Å²) in [6, 6.07) is 8.45. The van der Waals surface area contributed by atoms with Crippen LogP contribution in [0.1, 0.15) is 20.8 Å². The molecule has 0 aliphatic carbocycles. The molecule has 3 N–H and O–H groups in total. The summed E-state index contributed by atoms with van der Waals surface area (Å²) >= 11 is 1.50. The molecule has 1 aromatic carbocycles. The van der Waals surface area contributed by atoms with Crippen LogP contribution in [-0.4, -0.2) is 46.7 Å². The molecule has 0 fully saturated rings. The van der Waals surface area contributed by atoms with Crippen LogP contribution in [0.5, 0.6) is 0 Å². The van der Waals surface area contributed by atoms with Gasteiger partial charge in [-0.1, -0.05) is 0 Å². The highest BCUT2D eigenvalue weighted by Crippen LogP contribution is 2.23. The summed E-state index contributed by atoms with van der Waals surface area (Å²) in [6.07, 6.45) is 1.32. The van der Waals surface area contributed by atoms with Crippen LogP contribution in [0, 0.1) is 0 Å². The number of aliphatic imine (C=N–C) groups is 1. The summed E-state index contributed by atoms with van der Waals surface area (Å²) in [7, 11) is 3.26. The third-order valence-corrected chi connectivity index (χ3v) is 4.25. The third-order valence-electron chi connectivity index (χ3n) is 3.46. The molecule has 0 aliphatic rings. The van der Waals surface area contributed by atoms with Crippen molar-refractivity contribution >= 4 is 45.0 Å². The maximum absolute atomic E-state index is 12.2. The van der Waals surface area contributed by atoms with Crippen LogP contribution in [0.15, 0.2) is 47.0 Å². The number of hydrogen-bond donors (Lipinski definition) is 2. The number of carbonyl (C=O) groups excluding carboxylic acids is 2. The van der Waals surface area contributed by atoms with E-state index in [2.05, 4.69) is 20.3 Å². The predicted octanol–water partition coefficient (Wildman–Crippen LogP) is 1.77. The summed E-state index contributed by atoms with van der Waals surface area (Å²) < 4.78 is 0.982. The van der Waals surface area contributed by atoms with Crippen molar-refractivity contribution in [2.24, 2.45) is 10.7 Å². The number of carbonyl (C=O) groups is 2. The van der Waals surface area contributed by atoms with Gasteiger partial charge in [0.25, 0.3) is 11.8 Å². The molecule has 0 radical (unpaired) electrons. The normalized spacial score (nSPS) is 11.4. The van der Waals surface area contributed by atoms with Gasteiger partial charge in [0, 0.05) is 20.3 Å². The monoisotopic (exact) mass is 368 g/mol. The van der Waals surface area contributed by atoms with E-state index in [0.29, 0.717) is 5.69 Å². The first-order valence-electron chi connectivity index (χ1n) is 7.60. The molecule has 9 heteroatoms. The lowest BCUT2D eigenvalue weighted by molar-refractivity contribution is 0.0821. The van der Waals surface area contributed by atoms with E-state index in [1.54, 1.807) is 25.7 Å². The fraction of sp³-hybridized carbons (Fsp3) is 0.118. The van der Waals surface area contributed by atoms with Crippen molar-refractivity contribution in [1.82, 2.24) is 20.2 Å². The zero-order valence-electron chi connectivity index (χ0n) is 14.1. The summed E-state index contributed by atoms with van der Waals surface area (Å²) in [5, 5.41) is 2.50. The minimum Gasteiger partial charge on any atom is -0.369 e. The first-order valence-corrected chi connectivity index (χ1v) is 8.48. The van der Waals surface area contributed by atoms with E-state index < -0.39 is 5.91 Å². The summed E-state index contributed by atoms with van der Waals surface area (Å²) in [5.41, 5.74) is 9.59. The van der Waals surface area contributed by atoms with Gasteiger partial charge in [0.1, 0.15) is 5.69 Å². The number of rotatable bonds is 3. The van der Waals surface area contributed by atoms with E-state index in [-0.39, 0.29) is 23.1 Å². The van der Waals surface area contributed by atoms with E-state index in [1.807, 2.05) is 12.1 Å². The SMILES string of the molecule is CN(C)C(=O)c1ccc(C(=O)NC(N)=Nc2ccc3ncsc3c2)cn1. The molecule has 3 aromatic rings. The van der Waals surface area contributed by atoms with Crippen molar-refractivity contribution in [3.05, 3.63) is 53.3 Å². The van der Waals surface area contributed by atoms with Crippen LogP contribution in [0.2, 0.25) is 0 Å². The lowest BCUT2D eigenvalue weighted by Gasteiger charge is -2.09. The third kappa shape index (κ3) is 3.83. The average Bonchev–Trinajstić information content (AvgIpc) is 3.08. The molecule has 26 heavy (non-hydrogen) atoms. The highest BCUT2D eigenvalue weighted by molar-refractivity contribution is 7.16. The van der Waals surface area contributed by atoms with E-state index in [4.69, 9.17) is 5.73 Å². The Hall–Kier alpha value is -3.33. The van der Waals surface area contributed by atoms with Crippen LogP contribution >= 0.6 is 11.3 Å². The smallest absolute Gasteiger partial charge is 0.271 e. The van der Waals surface area contributed by atoms with Gasteiger partial charge in [-0.2, -0.15) is 0 Å². The van der Waals surface area contributed by atoms with E-state index in [9.17, 15) is 9.59 Å². The van der Waals surface area contributed by atoms with Crippen molar-refractivity contribution in [2.75, 3.05) is 14.1 Å². The Morgan fingerprint density at radius 2 is 2.00 bits per heavy atom. The summed E-state index contributed by atoms with van der Waals surface area (Å²) in [6.45, 7) is 0. The zero-order valence-corrected chi connectivity index (χ0v) is 14.9. The molecule has 0 bridgehead atoms. The Morgan fingerprint density at radius 3 is 2.69 bits per heavy atom. The van der Waals surface area contributed by atoms with Crippen LogP contribution in [0.3, 0.4) is 0 Å². The van der Waals surface area contributed by atoms with Crippen molar-refractivity contribution in [1.29, 1.82) is 0 Å². The first kappa shape index (κ1) is 17.5. The number of thiazole rings is 1. The van der Waals surface area contributed by atoms with E-state index in [1.165, 1.54) is 34.6 Å². The minimum atomic E-state index is -0.457. The van der Waals surface area contributed by atoms with Gasteiger partial charge in [-0.05, 0) is 30.3 Å². The molecule has 2 aromatic heterocycles. The second-order valence-corrected chi connectivity index (χ2v) is 6.47. The fourth-order valence-corrected chi connectivity index (χ4v) is 2.86. The second-order valence-electron chi connectivity index (χ2n) is 5.59. The molecule has 2 heterocycles. The van der Waals surface area contributed by atoms with Crippen molar-refractivity contribution < 1.29 is 9.59 Å². The highest BCUT2D eigenvalue weighted by Gasteiger charge is 2.12. The number of hydrogen-bond acceptors (Lipinski definition) is 6. The number of amides is 2. The number of fused-ring (bicyclic) bond motifs is 1. The molecular formula is C17H16N6O2S. The molecule has 0 spiro atoms. The average molecular weight is 368 g/mol. The minimum absolute atomic E-state index is 0.0349. The number of nitrogens with two attached hydrogens (primary N) is 1. The Morgan fingerprint density at radius 1 is 1.19 bits per heavy atom. The van der Waals surface area contributed by atoms with Gasteiger partial charge in [-0.15, -0.1) is 11.3 Å². The number of nitrogens with zero attached hydrogens (tertiary/aromatic N) is 4. The number of aromatic nitrogens is 2. The largest absolute Gasteiger partial charge is 0.369 e. The Bertz CT molecular complexity index is 994. The molecule has 0 aliphatic heterocycles. The Balaban J connectivity index is 1.71. The fourth-order valence-electron chi connectivity index (χ4n) is 2.15. The Kier molecular flexibility index (Phi) is 4.90. The molecular weight excluding hydrogens is 352 g/mol. The molecule has 3 rings (SSSR count). The van der Waals surface area contributed by atoms with Gasteiger partial charge in [-0.3, -0.25) is 19.9 Å². The molecule has 2 amide bonds. The zero-order chi connectivity index (χ0) is 18.7. The van der Waals surface area contributed by atoms with E-state index >= 15 is 0 Å². The van der Waals surface area contributed by atoms with Gasteiger partial charge in [0.05, 0.1) is 27.0 Å². The molecule has 0 unspecified atom stereocenters. The van der Waals surface area contributed by atoms with Crippen molar-refractivity contribution in [2.45, 2.75) is 0 Å². The maximum Gasteiger partial charge on any atom is 0.271 e. The highest BCUT2D eigenvalue weighted by atomic mass is 32.1. The van der Waals surface area contributed by atoms with Crippen LogP contribution in [0.4, 0.5) is 5.69 Å². The first-order chi connectivity index (χ1) is 12.4. The van der Waals surface area contributed by atoms with Gasteiger partial charge in [0.2, 0.25) is 5.96 Å². The number of pyridine rings is 1. The Labute approximate surface area is 153 Å². The lowest BCUT2D eigenvalue weighted by Crippen LogP contribution is -2.36. The molecule has 0 atom stereocenters. The van der Waals surface area contributed by atoms with Crippen LogP contribution < -0.4 is 11.1 Å². The molecule has 0 saturated carbocycles. The van der Waals surface area contributed by atoms with Crippen molar-refractivity contribution in [3.63, 3.8) is 0 Å². The summed E-state index contributed by atoms with van der Waals surface area (Å²) in [4.78, 5) is 37.8. The lowest BCUT2D eigenvalue weighted by atomic mass is 10.2. The number of guanidine groups is 1. The standard InChI is InChI=1S/C17H16N6O2S/c1-23(2)16(25)13-5-3-10(8-19-13)15(24)22-17(18)21-11-4-6-12-14(7-11)26-9-20-12/h3-9H,1-2H3,(H3,18,21,22,24).